The Hall–Kier alpha value is -0.830. The molecule has 2 nitrogen and oxygen atoms in total. The zero-order valence-electron chi connectivity index (χ0n) is 9.04. The van der Waals surface area contributed by atoms with Gasteiger partial charge in [-0.2, -0.15) is 0 Å². The van der Waals surface area contributed by atoms with E-state index in [9.17, 15) is 0 Å². The highest BCUT2D eigenvalue weighted by Crippen LogP contribution is 2.31. The third-order valence-electron chi connectivity index (χ3n) is 2.44. The lowest BCUT2D eigenvalue weighted by Crippen LogP contribution is -1.95. The zero-order chi connectivity index (χ0) is 12.4. The lowest BCUT2D eigenvalue weighted by molar-refractivity contribution is 1.05. The Kier molecular flexibility index (Phi) is 3.87. The number of hydrogen-bond donors (Lipinski definition) is 0. The second kappa shape index (κ2) is 5.21. The predicted octanol–water partition coefficient (Wildman–Crippen LogP) is 4.67. The molecule has 0 bridgehead atoms. The fourth-order valence-corrected chi connectivity index (χ4v) is 2.16. The Labute approximate surface area is 115 Å². The normalized spacial score (nSPS) is 10.6. The van der Waals surface area contributed by atoms with Crippen LogP contribution in [0.15, 0.2) is 24.5 Å². The van der Waals surface area contributed by atoms with Crippen LogP contribution in [0.2, 0.25) is 15.2 Å². The summed E-state index contributed by atoms with van der Waals surface area (Å²) in [6.07, 6.45) is 2.20. The van der Waals surface area contributed by atoms with Gasteiger partial charge < -0.3 is 0 Å². The second-order valence-corrected chi connectivity index (χ2v) is 4.65. The van der Waals surface area contributed by atoms with Crippen molar-refractivity contribution in [3.05, 3.63) is 45.3 Å². The third kappa shape index (κ3) is 2.54. The van der Waals surface area contributed by atoms with Crippen LogP contribution in [-0.4, -0.2) is 9.97 Å². The summed E-state index contributed by atoms with van der Waals surface area (Å²) in [6.45, 7) is 2.01. The number of aromatic nitrogens is 2. The smallest absolute Gasteiger partial charge is 0.136 e. The molecule has 88 valence electrons. The lowest BCUT2D eigenvalue weighted by Gasteiger charge is -2.08. The molecule has 0 N–H and O–H groups in total. The first-order valence-corrected chi connectivity index (χ1v) is 6.21. The van der Waals surface area contributed by atoms with Gasteiger partial charge in [0.1, 0.15) is 11.5 Å². The van der Waals surface area contributed by atoms with Crippen LogP contribution in [0.1, 0.15) is 12.5 Å². The summed E-state index contributed by atoms with van der Waals surface area (Å²) in [7, 11) is 0. The molecule has 1 aromatic heterocycles. The van der Waals surface area contributed by atoms with E-state index in [0.717, 1.165) is 23.2 Å². The van der Waals surface area contributed by atoms with Gasteiger partial charge in [-0.3, -0.25) is 0 Å². The van der Waals surface area contributed by atoms with Crippen LogP contribution in [-0.2, 0) is 6.42 Å². The summed E-state index contributed by atoms with van der Waals surface area (Å²) >= 11 is 17.9. The minimum absolute atomic E-state index is 0.476. The van der Waals surface area contributed by atoms with E-state index in [4.69, 9.17) is 34.8 Å². The van der Waals surface area contributed by atoms with Crippen molar-refractivity contribution in [3.8, 4) is 11.3 Å². The van der Waals surface area contributed by atoms with Gasteiger partial charge in [0, 0.05) is 11.1 Å². The van der Waals surface area contributed by atoms with Gasteiger partial charge in [-0.15, -0.1) is 0 Å². The first kappa shape index (κ1) is 12.6. The van der Waals surface area contributed by atoms with Crippen molar-refractivity contribution in [3.63, 3.8) is 0 Å². The average Bonchev–Trinajstić information content (AvgIpc) is 2.32. The van der Waals surface area contributed by atoms with Gasteiger partial charge in [0.05, 0.1) is 15.7 Å². The van der Waals surface area contributed by atoms with Crippen molar-refractivity contribution in [1.29, 1.82) is 0 Å². The Balaban J connectivity index is 2.60. The summed E-state index contributed by atoms with van der Waals surface area (Å²) in [4.78, 5) is 8.23. The summed E-state index contributed by atoms with van der Waals surface area (Å²) in [5.41, 5.74) is 2.60. The molecular formula is C12H9Cl3N2. The maximum Gasteiger partial charge on any atom is 0.136 e. The number of benzene rings is 1. The van der Waals surface area contributed by atoms with Gasteiger partial charge in [-0.25, -0.2) is 9.97 Å². The van der Waals surface area contributed by atoms with E-state index in [1.54, 1.807) is 12.1 Å². The first-order chi connectivity index (χ1) is 8.13. The highest BCUT2D eigenvalue weighted by molar-refractivity contribution is 6.42. The summed E-state index contributed by atoms with van der Waals surface area (Å²) in [5, 5.41) is 1.50. The van der Waals surface area contributed by atoms with Gasteiger partial charge in [0.25, 0.3) is 0 Å². The van der Waals surface area contributed by atoms with Gasteiger partial charge >= 0.3 is 0 Å². The molecule has 0 saturated carbocycles. The molecule has 0 amide bonds. The molecule has 0 radical (unpaired) electrons. The fraction of sp³-hybridized carbons (Fsp3) is 0.167. The van der Waals surface area contributed by atoms with Crippen molar-refractivity contribution < 1.29 is 0 Å². The molecular weight excluding hydrogens is 279 g/mol. The van der Waals surface area contributed by atoms with Crippen molar-refractivity contribution in [2.24, 2.45) is 0 Å². The van der Waals surface area contributed by atoms with E-state index in [-0.39, 0.29) is 0 Å². The van der Waals surface area contributed by atoms with E-state index in [2.05, 4.69) is 9.97 Å². The molecule has 0 aliphatic carbocycles. The minimum Gasteiger partial charge on any atom is -0.236 e. The van der Waals surface area contributed by atoms with Gasteiger partial charge in [0.15, 0.2) is 0 Å². The second-order valence-electron chi connectivity index (χ2n) is 3.47. The van der Waals surface area contributed by atoms with Crippen molar-refractivity contribution in [2.75, 3.05) is 0 Å². The highest BCUT2D eigenvalue weighted by atomic mass is 35.5. The van der Waals surface area contributed by atoms with Crippen LogP contribution < -0.4 is 0 Å². The van der Waals surface area contributed by atoms with E-state index in [1.807, 2.05) is 13.0 Å². The third-order valence-corrected chi connectivity index (χ3v) is 3.50. The number of rotatable bonds is 2. The lowest BCUT2D eigenvalue weighted by atomic mass is 10.1. The Morgan fingerprint density at radius 1 is 1.06 bits per heavy atom. The molecule has 1 aromatic carbocycles. The fourth-order valence-electron chi connectivity index (χ4n) is 1.60. The largest absolute Gasteiger partial charge is 0.236 e. The predicted molar refractivity (Wildman–Crippen MR) is 71.9 cm³/mol. The molecule has 0 unspecified atom stereocenters. The van der Waals surface area contributed by atoms with Crippen LogP contribution in [0.4, 0.5) is 0 Å². The van der Waals surface area contributed by atoms with Crippen molar-refractivity contribution in [2.45, 2.75) is 13.3 Å². The topological polar surface area (TPSA) is 25.8 Å². The molecule has 0 atom stereocenters. The zero-order valence-corrected chi connectivity index (χ0v) is 11.3. The van der Waals surface area contributed by atoms with E-state index in [0.29, 0.717) is 15.2 Å². The molecule has 0 aliphatic rings. The number of nitrogens with zero attached hydrogens (tertiary/aromatic N) is 2. The highest BCUT2D eigenvalue weighted by Gasteiger charge is 2.11. The summed E-state index contributed by atoms with van der Waals surface area (Å²) < 4.78 is 0. The Morgan fingerprint density at radius 2 is 1.82 bits per heavy atom. The standard InChI is InChI=1S/C12H9Cl3N2/c1-2-8-11(16-6-17-12(8)15)7-3-4-9(13)10(14)5-7/h3-6H,2H2,1H3. The van der Waals surface area contributed by atoms with Crippen LogP contribution in [0, 0.1) is 0 Å². The van der Waals surface area contributed by atoms with Crippen molar-refractivity contribution in [1.82, 2.24) is 9.97 Å². The summed E-state index contributed by atoms with van der Waals surface area (Å²) in [5.74, 6) is 0. The maximum atomic E-state index is 6.04. The van der Waals surface area contributed by atoms with Crippen LogP contribution in [0.5, 0.6) is 0 Å². The van der Waals surface area contributed by atoms with Crippen LogP contribution in [0.3, 0.4) is 0 Å². The molecule has 2 aromatic rings. The van der Waals surface area contributed by atoms with Gasteiger partial charge in [0.2, 0.25) is 0 Å². The van der Waals surface area contributed by atoms with E-state index >= 15 is 0 Å². The van der Waals surface area contributed by atoms with E-state index in [1.165, 1.54) is 6.33 Å². The average molecular weight is 288 g/mol. The van der Waals surface area contributed by atoms with E-state index < -0.39 is 0 Å². The Morgan fingerprint density at radius 3 is 2.47 bits per heavy atom. The molecule has 5 heteroatoms. The Bertz CT molecular complexity index is 555. The molecule has 0 saturated heterocycles. The first-order valence-electron chi connectivity index (χ1n) is 5.08. The van der Waals surface area contributed by atoms with Crippen LogP contribution >= 0.6 is 34.8 Å². The molecule has 0 aliphatic heterocycles. The minimum atomic E-state index is 0.476. The molecule has 1 heterocycles. The van der Waals surface area contributed by atoms with Gasteiger partial charge in [-0.1, -0.05) is 47.8 Å². The maximum absolute atomic E-state index is 6.04. The molecule has 0 spiro atoms. The summed E-state index contributed by atoms with van der Waals surface area (Å²) in [6, 6.07) is 5.39. The molecule has 0 fully saturated rings. The SMILES string of the molecule is CCc1c(Cl)ncnc1-c1ccc(Cl)c(Cl)c1. The quantitative estimate of drug-likeness (QED) is 0.750. The number of hydrogen-bond acceptors (Lipinski definition) is 2. The molecule has 17 heavy (non-hydrogen) atoms. The van der Waals surface area contributed by atoms with Crippen LogP contribution in [0.25, 0.3) is 11.3 Å². The monoisotopic (exact) mass is 286 g/mol. The van der Waals surface area contributed by atoms with Crippen molar-refractivity contribution >= 4 is 34.8 Å². The van der Waals surface area contributed by atoms with Gasteiger partial charge in [-0.05, 0) is 18.6 Å². The molecule has 2 rings (SSSR count). The number of halogens is 3.